The molecule has 0 unspecified atom stereocenters. The van der Waals surface area contributed by atoms with Crippen molar-refractivity contribution >= 4 is 11.6 Å². The summed E-state index contributed by atoms with van der Waals surface area (Å²) < 4.78 is 0. The molecule has 1 saturated heterocycles. The fourth-order valence-electron chi connectivity index (χ4n) is 3.96. The summed E-state index contributed by atoms with van der Waals surface area (Å²) in [6.45, 7) is 2.78. The van der Waals surface area contributed by atoms with Crippen molar-refractivity contribution in [2.45, 2.75) is 57.0 Å². The SMILES string of the molecule is O=C(CC1(O)CCCCC1)NCC1CCN(c2ccncc2)CC1. The van der Waals surface area contributed by atoms with E-state index in [2.05, 4.69) is 15.2 Å². The monoisotopic (exact) mass is 331 g/mol. The molecule has 1 amide bonds. The summed E-state index contributed by atoms with van der Waals surface area (Å²) in [5, 5.41) is 13.5. The van der Waals surface area contributed by atoms with Crippen LogP contribution in [0.3, 0.4) is 0 Å². The highest BCUT2D eigenvalue weighted by molar-refractivity contribution is 5.77. The van der Waals surface area contributed by atoms with Crippen LogP contribution in [0.4, 0.5) is 5.69 Å². The van der Waals surface area contributed by atoms with Crippen LogP contribution in [0, 0.1) is 5.92 Å². The highest BCUT2D eigenvalue weighted by atomic mass is 16.3. The fourth-order valence-corrected chi connectivity index (χ4v) is 3.96. The molecule has 1 aromatic heterocycles. The van der Waals surface area contributed by atoms with Gasteiger partial charge >= 0.3 is 0 Å². The summed E-state index contributed by atoms with van der Waals surface area (Å²) in [5.41, 5.74) is 0.472. The number of amides is 1. The molecule has 24 heavy (non-hydrogen) atoms. The average molecular weight is 331 g/mol. The Morgan fingerprint density at radius 2 is 1.88 bits per heavy atom. The number of piperidine rings is 1. The maximum absolute atomic E-state index is 12.2. The normalized spacial score (nSPS) is 21.5. The van der Waals surface area contributed by atoms with Gasteiger partial charge in [-0.2, -0.15) is 0 Å². The molecule has 2 heterocycles. The van der Waals surface area contributed by atoms with Gasteiger partial charge in [-0.25, -0.2) is 0 Å². The van der Waals surface area contributed by atoms with Crippen molar-refractivity contribution in [1.82, 2.24) is 10.3 Å². The van der Waals surface area contributed by atoms with Crippen molar-refractivity contribution in [1.29, 1.82) is 0 Å². The molecule has 5 nitrogen and oxygen atoms in total. The number of carbonyl (C=O) groups excluding carboxylic acids is 1. The van der Waals surface area contributed by atoms with Crippen LogP contribution in [-0.2, 0) is 4.79 Å². The number of hydrogen-bond donors (Lipinski definition) is 2. The Morgan fingerprint density at radius 1 is 1.21 bits per heavy atom. The molecule has 1 saturated carbocycles. The predicted molar refractivity (Wildman–Crippen MR) is 94.8 cm³/mol. The number of aliphatic hydroxyl groups is 1. The van der Waals surface area contributed by atoms with Gasteiger partial charge in [0.25, 0.3) is 0 Å². The van der Waals surface area contributed by atoms with Crippen LogP contribution in [0.1, 0.15) is 51.4 Å². The zero-order valence-electron chi connectivity index (χ0n) is 14.4. The minimum absolute atomic E-state index is 0.0102. The number of carbonyl (C=O) groups is 1. The number of hydrogen-bond acceptors (Lipinski definition) is 4. The molecule has 2 fully saturated rings. The molecular weight excluding hydrogens is 302 g/mol. The minimum Gasteiger partial charge on any atom is -0.389 e. The van der Waals surface area contributed by atoms with Gasteiger partial charge in [-0.05, 0) is 43.7 Å². The number of rotatable bonds is 5. The van der Waals surface area contributed by atoms with Crippen LogP contribution in [0.5, 0.6) is 0 Å². The van der Waals surface area contributed by atoms with Gasteiger partial charge in [0, 0.05) is 37.7 Å². The lowest BCUT2D eigenvalue weighted by molar-refractivity contribution is -0.127. The smallest absolute Gasteiger partial charge is 0.222 e. The van der Waals surface area contributed by atoms with E-state index in [9.17, 15) is 9.90 Å². The standard InChI is InChI=1S/C19H29N3O2/c23-18(14-19(24)8-2-1-3-9-19)21-15-16-6-12-22(13-7-16)17-4-10-20-11-5-17/h4-5,10-11,16,24H,1-3,6-9,12-15H2,(H,21,23). The van der Waals surface area contributed by atoms with Crippen LogP contribution in [0.2, 0.25) is 0 Å². The van der Waals surface area contributed by atoms with E-state index in [-0.39, 0.29) is 12.3 Å². The van der Waals surface area contributed by atoms with E-state index in [0.29, 0.717) is 5.92 Å². The van der Waals surface area contributed by atoms with Gasteiger partial charge in [-0.3, -0.25) is 9.78 Å². The Bertz CT molecular complexity index is 521. The van der Waals surface area contributed by atoms with Gasteiger partial charge in [0.15, 0.2) is 0 Å². The van der Waals surface area contributed by atoms with E-state index < -0.39 is 5.60 Å². The molecule has 2 N–H and O–H groups in total. The lowest BCUT2D eigenvalue weighted by atomic mass is 9.82. The summed E-state index contributed by atoms with van der Waals surface area (Å²) in [6, 6.07) is 4.10. The highest BCUT2D eigenvalue weighted by Gasteiger charge is 2.31. The molecule has 1 aliphatic carbocycles. The Balaban J connectivity index is 1.38. The van der Waals surface area contributed by atoms with E-state index in [0.717, 1.165) is 58.2 Å². The number of aromatic nitrogens is 1. The maximum Gasteiger partial charge on any atom is 0.222 e. The van der Waals surface area contributed by atoms with Crippen LogP contribution >= 0.6 is 0 Å². The van der Waals surface area contributed by atoms with Crippen molar-refractivity contribution in [2.24, 2.45) is 5.92 Å². The van der Waals surface area contributed by atoms with Crippen molar-refractivity contribution in [3.8, 4) is 0 Å². The molecule has 0 aromatic carbocycles. The topological polar surface area (TPSA) is 65.5 Å². The fraction of sp³-hybridized carbons (Fsp3) is 0.684. The summed E-state index contributed by atoms with van der Waals surface area (Å²) in [4.78, 5) is 18.6. The molecule has 5 heteroatoms. The lowest BCUT2D eigenvalue weighted by Crippen LogP contribution is -2.42. The molecule has 0 radical (unpaired) electrons. The zero-order chi connectivity index (χ0) is 16.8. The van der Waals surface area contributed by atoms with E-state index in [1.807, 2.05) is 24.5 Å². The molecule has 1 aliphatic heterocycles. The molecule has 0 atom stereocenters. The second-order valence-electron chi connectivity index (χ2n) is 7.40. The minimum atomic E-state index is -0.757. The average Bonchev–Trinajstić information content (AvgIpc) is 2.61. The lowest BCUT2D eigenvalue weighted by Gasteiger charge is -2.34. The molecule has 0 bridgehead atoms. The highest BCUT2D eigenvalue weighted by Crippen LogP contribution is 2.30. The Morgan fingerprint density at radius 3 is 2.54 bits per heavy atom. The van der Waals surface area contributed by atoms with Crippen molar-refractivity contribution in [2.75, 3.05) is 24.5 Å². The van der Waals surface area contributed by atoms with E-state index in [1.54, 1.807) is 0 Å². The van der Waals surface area contributed by atoms with Crippen LogP contribution < -0.4 is 10.2 Å². The summed E-state index contributed by atoms with van der Waals surface area (Å²) in [6.07, 6.45) is 10.9. The van der Waals surface area contributed by atoms with Crippen LogP contribution in [0.25, 0.3) is 0 Å². The van der Waals surface area contributed by atoms with Gasteiger partial charge in [-0.1, -0.05) is 19.3 Å². The Hall–Kier alpha value is -1.62. The number of pyridine rings is 1. The Kier molecular flexibility index (Phi) is 5.72. The van der Waals surface area contributed by atoms with Crippen molar-refractivity contribution < 1.29 is 9.90 Å². The molecule has 2 aliphatic rings. The van der Waals surface area contributed by atoms with E-state index >= 15 is 0 Å². The van der Waals surface area contributed by atoms with E-state index in [4.69, 9.17) is 0 Å². The van der Waals surface area contributed by atoms with Gasteiger partial charge in [-0.15, -0.1) is 0 Å². The van der Waals surface area contributed by atoms with E-state index in [1.165, 1.54) is 12.1 Å². The molecule has 1 aromatic rings. The van der Waals surface area contributed by atoms with Crippen LogP contribution in [0.15, 0.2) is 24.5 Å². The third-order valence-electron chi connectivity index (χ3n) is 5.50. The van der Waals surface area contributed by atoms with Gasteiger partial charge < -0.3 is 15.3 Å². The first-order valence-corrected chi connectivity index (χ1v) is 9.29. The number of nitrogens with one attached hydrogen (secondary N) is 1. The van der Waals surface area contributed by atoms with Gasteiger partial charge in [0.05, 0.1) is 12.0 Å². The van der Waals surface area contributed by atoms with Gasteiger partial charge in [0.2, 0.25) is 5.91 Å². The summed E-state index contributed by atoms with van der Waals surface area (Å²) >= 11 is 0. The third kappa shape index (κ3) is 4.69. The van der Waals surface area contributed by atoms with Crippen molar-refractivity contribution in [3.05, 3.63) is 24.5 Å². The number of anilines is 1. The largest absolute Gasteiger partial charge is 0.389 e. The maximum atomic E-state index is 12.2. The van der Waals surface area contributed by atoms with Gasteiger partial charge in [0.1, 0.15) is 0 Å². The number of nitrogens with zero attached hydrogens (tertiary/aromatic N) is 2. The first-order chi connectivity index (χ1) is 11.6. The first-order valence-electron chi connectivity index (χ1n) is 9.29. The molecule has 3 rings (SSSR count). The molecular formula is C19H29N3O2. The summed E-state index contributed by atoms with van der Waals surface area (Å²) in [7, 11) is 0. The van der Waals surface area contributed by atoms with Crippen LogP contribution in [-0.4, -0.2) is 41.2 Å². The Labute approximate surface area is 144 Å². The summed E-state index contributed by atoms with van der Waals surface area (Å²) in [5.74, 6) is 0.545. The second kappa shape index (κ2) is 7.97. The quantitative estimate of drug-likeness (QED) is 0.870. The third-order valence-corrected chi connectivity index (χ3v) is 5.50. The molecule has 132 valence electrons. The van der Waals surface area contributed by atoms with Crippen molar-refractivity contribution in [3.63, 3.8) is 0 Å². The first kappa shape index (κ1) is 17.2. The predicted octanol–water partition coefficient (Wildman–Crippen LogP) is 2.50. The second-order valence-corrected chi connectivity index (χ2v) is 7.40. The zero-order valence-corrected chi connectivity index (χ0v) is 14.4. The molecule has 0 spiro atoms.